The van der Waals surface area contributed by atoms with Crippen LogP contribution in [-0.4, -0.2) is 38.3 Å². The van der Waals surface area contributed by atoms with Gasteiger partial charge in [-0.1, -0.05) is 12.1 Å². The molecule has 3 rings (SSSR count). The topological polar surface area (TPSA) is 67.5 Å². The number of aromatic nitrogens is 2. The van der Waals surface area contributed by atoms with Gasteiger partial charge < -0.3 is 10.0 Å². The Hall–Kier alpha value is -2.24. The first-order valence-electron chi connectivity index (χ1n) is 6.73. The summed E-state index contributed by atoms with van der Waals surface area (Å²) in [5, 5.41) is 8.98. The van der Waals surface area contributed by atoms with Crippen molar-refractivity contribution in [2.45, 2.75) is 18.9 Å². The van der Waals surface area contributed by atoms with Gasteiger partial charge in [0.05, 0.1) is 11.0 Å². The van der Waals surface area contributed by atoms with E-state index in [-0.39, 0.29) is 11.7 Å². The van der Waals surface area contributed by atoms with Crippen molar-refractivity contribution in [2.75, 3.05) is 13.1 Å². The van der Waals surface area contributed by atoms with Crippen LogP contribution in [0.15, 0.2) is 29.1 Å². The van der Waals surface area contributed by atoms with Crippen LogP contribution in [0.1, 0.15) is 18.9 Å². The molecule has 0 spiro atoms. The molecule has 2 aromatic rings. The maximum atomic E-state index is 12.4. The molecule has 2 heterocycles. The van der Waals surface area contributed by atoms with Gasteiger partial charge in [-0.3, -0.25) is 9.13 Å². The molecule has 6 heteroatoms. The molecule has 0 radical (unpaired) electrons. The minimum atomic E-state index is -0.881. The van der Waals surface area contributed by atoms with Gasteiger partial charge in [0.2, 0.25) is 0 Å². The molecule has 1 aromatic carbocycles. The second kappa shape index (κ2) is 4.70. The Bertz CT molecular complexity index is 708. The number of hydrogen-bond acceptors (Lipinski definition) is 2. The number of para-hydroxylation sites is 2. The van der Waals surface area contributed by atoms with Gasteiger partial charge in [0.25, 0.3) is 0 Å². The van der Waals surface area contributed by atoms with Crippen molar-refractivity contribution in [1.29, 1.82) is 0 Å². The highest BCUT2D eigenvalue weighted by Crippen LogP contribution is 2.25. The maximum Gasteiger partial charge on any atom is 0.407 e. The van der Waals surface area contributed by atoms with Crippen molar-refractivity contribution in [3.05, 3.63) is 34.7 Å². The van der Waals surface area contributed by atoms with Gasteiger partial charge in [-0.25, -0.2) is 9.59 Å². The lowest BCUT2D eigenvalue weighted by molar-refractivity contribution is 0.125. The molecule has 1 saturated heterocycles. The van der Waals surface area contributed by atoms with Crippen LogP contribution in [0.5, 0.6) is 0 Å². The standard InChI is InChI=1S/C14H17N3O3/c1-15-11-4-2-3-5-12(11)17(13(15)18)10-6-8-16(9-7-10)14(19)20/h2-5,10H,6-9H2,1H3,(H,19,20). The van der Waals surface area contributed by atoms with Crippen molar-refractivity contribution in [2.24, 2.45) is 7.05 Å². The molecule has 0 bridgehead atoms. The minimum absolute atomic E-state index is 0.0278. The number of amides is 1. The van der Waals surface area contributed by atoms with E-state index in [4.69, 9.17) is 5.11 Å². The van der Waals surface area contributed by atoms with Crippen LogP contribution in [-0.2, 0) is 7.05 Å². The highest BCUT2D eigenvalue weighted by atomic mass is 16.4. The molecule has 1 aliphatic rings. The maximum absolute atomic E-state index is 12.4. The summed E-state index contributed by atoms with van der Waals surface area (Å²) >= 11 is 0. The number of nitrogens with zero attached hydrogens (tertiary/aromatic N) is 3. The smallest absolute Gasteiger partial charge is 0.407 e. The Morgan fingerprint density at radius 3 is 2.40 bits per heavy atom. The fourth-order valence-electron chi connectivity index (χ4n) is 2.99. The quantitative estimate of drug-likeness (QED) is 0.860. The highest BCUT2D eigenvalue weighted by molar-refractivity contribution is 5.76. The molecule has 1 aliphatic heterocycles. The molecule has 20 heavy (non-hydrogen) atoms. The summed E-state index contributed by atoms with van der Waals surface area (Å²) in [5.74, 6) is 0. The zero-order chi connectivity index (χ0) is 14.3. The van der Waals surface area contributed by atoms with Crippen molar-refractivity contribution in [3.8, 4) is 0 Å². The first kappa shape index (κ1) is 12.8. The van der Waals surface area contributed by atoms with Gasteiger partial charge in [0.15, 0.2) is 0 Å². The summed E-state index contributed by atoms with van der Waals surface area (Å²) in [5.41, 5.74) is 1.81. The molecule has 0 unspecified atom stereocenters. The van der Waals surface area contributed by atoms with E-state index in [9.17, 15) is 9.59 Å². The molecular formula is C14H17N3O3. The minimum Gasteiger partial charge on any atom is -0.465 e. The monoisotopic (exact) mass is 275 g/mol. The number of imidazole rings is 1. The molecule has 106 valence electrons. The van der Waals surface area contributed by atoms with E-state index in [1.165, 1.54) is 4.90 Å². The number of rotatable bonds is 1. The lowest BCUT2D eigenvalue weighted by Gasteiger charge is -2.30. The number of aryl methyl sites for hydroxylation is 1. The number of carboxylic acid groups (broad SMARTS) is 1. The zero-order valence-corrected chi connectivity index (χ0v) is 11.3. The van der Waals surface area contributed by atoms with E-state index in [1.807, 2.05) is 28.8 Å². The van der Waals surface area contributed by atoms with Gasteiger partial charge in [0.1, 0.15) is 0 Å². The molecular weight excluding hydrogens is 258 g/mol. The number of hydrogen-bond donors (Lipinski definition) is 1. The van der Waals surface area contributed by atoms with E-state index in [1.54, 1.807) is 11.6 Å². The summed E-state index contributed by atoms with van der Waals surface area (Å²) in [7, 11) is 1.77. The molecule has 0 atom stereocenters. The Morgan fingerprint density at radius 1 is 1.20 bits per heavy atom. The van der Waals surface area contributed by atoms with Crippen molar-refractivity contribution < 1.29 is 9.90 Å². The fraction of sp³-hybridized carbons (Fsp3) is 0.429. The lowest BCUT2D eigenvalue weighted by Crippen LogP contribution is -2.40. The van der Waals surface area contributed by atoms with Crippen molar-refractivity contribution in [3.63, 3.8) is 0 Å². The Balaban J connectivity index is 1.98. The van der Waals surface area contributed by atoms with Crippen LogP contribution < -0.4 is 5.69 Å². The predicted octanol–water partition coefficient (Wildman–Crippen LogP) is 1.65. The summed E-state index contributed by atoms with van der Waals surface area (Å²) in [6.07, 6.45) is 0.481. The third-order valence-corrected chi connectivity index (χ3v) is 4.10. The molecule has 1 aromatic heterocycles. The summed E-state index contributed by atoms with van der Waals surface area (Å²) in [4.78, 5) is 24.7. The van der Waals surface area contributed by atoms with E-state index in [0.29, 0.717) is 25.9 Å². The van der Waals surface area contributed by atoms with E-state index >= 15 is 0 Å². The first-order chi connectivity index (χ1) is 9.59. The normalized spacial score (nSPS) is 16.8. The van der Waals surface area contributed by atoms with E-state index in [0.717, 1.165) is 11.0 Å². The largest absolute Gasteiger partial charge is 0.465 e. The Kier molecular flexibility index (Phi) is 3.00. The first-order valence-corrected chi connectivity index (χ1v) is 6.73. The molecule has 0 saturated carbocycles. The Labute approximate surface area is 115 Å². The second-order valence-corrected chi connectivity index (χ2v) is 5.20. The van der Waals surface area contributed by atoms with Gasteiger partial charge in [-0.05, 0) is 25.0 Å². The fourth-order valence-corrected chi connectivity index (χ4v) is 2.99. The molecule has 1 N–H and O–H groups in total. The third kappa shape index (κ3) is 1.88. The van der Waals surface area contributed by atoms with Crippen molar-refractivity contribution in [1.82, 2.24) is 14.0 Å². The number of likely N-dealkylation sites (tertiary alicyclic amines) is 1. The Morgan fingerprint density at radius 2 is 1.80 bits per heavy atom. The number of benzene rings is 1. The number of carbonyl (C=O) groups is 1. The molecule has 1 fully saturated rings. The van der Waals surface area contributed by atoms with Gasteiger partial charge in [-0.2, -0.15) is 0 Å². The van der Waals surface area contributed by atoms with Gasteiger partial charge in [0, 0.05) is 26.2 Å². The van der Waals surface area contributed by atoms with Crippen LogP contribution >= 0.6 is 0 Å². The molecule has 1 amide bonds. The number of piperidine rings is 1. The second-order valence-electron chi connectivity index (χ2n) is 5.20. The predicted molar refractivity (Wildman–Crippen MR) is 75.0 cm³/mol. The van der Waals surface area contributed by atoms with Crippen LogP contribution in [0.4, 0.5) is 4.79 Å². The van der Waals surface area contributed by atoms with Crippen LogP contribution in [0.3, 0.4) is 0 Å². The molecule has 0 aliphatic carbocycles. The molecule has 6 nitrogen and oxygen atoms in total. The summed E-state index contributed by atoms with van der Waals surface area (Å²) in [6, 6.07) is 7.79. The lowest BCUT2D eigenvalue weighted by atomic mass is 10.1. The SMILES string of the molecule is Cn1c(=O)n(C2CCN(C(=O)O)CC2)c2ccccc21. The summed E-state index contributed by atoms with van der Waals surface area (Å²) in [6.45, 7) is 0.964. The van der Waals surface area contributed by atoms with E-state index in [2.05, 4.69) is 0 Å². The van der Waals surface area contributed by atoms with Gasteiger partial charge >= 0.3 is 11.8 Å². The van der Waals surface area contributed by atoms with Crippen LogP contribution in [0.2, 0.25) is 0 Å². The van der Waals surface area contributed by atoms with Crippen LogP contribution in [0.25, 0.3) is 11.0 Å². The number of fused-ring (bicyclic) bond motifs is 1. The highest BCUT2D eigenvalue weighted by Gasteiger charge is 2.26. The van der Waals surface area contributed by atoms with Gasteiger partial charge in [-0.15, -0.1) is 0 Å². The zero-order valence-electron chi connectivity index (χ0n) is 11.3. The van der Waals surface area contributed by atoms with E-state index < -0.39 is 6.09 Å². The third-order valence-electron chi connectivity index (χ3n) is 4.10. The van der Waals surface area contributed by atoms with Crippen LogP contribution in [0, 0.1) is 0 Å². The average Bonchev–Trinajstić information content (AvgIpc) is 2.72. The van der Waals surface area contributed by atoms with Crippen molar-refractivity contribution >= 4 is 17.1 Å². The average molecular weight is 275 g/mol. The summed E-state index contributed by atoms with van der Waals surface area (Å²) < 4.78 is 3.47.